The average molecular weight is 246 g/mol. The summed E-state index contributed by atoms with van der Waals surface area (Å²) in [5, 5.41) is 8.85. The summed E-state index contributed by atoms with van der Waals surface area (Å²) in [6.07, 6.45) is 3.59. The third-order valence-electron chi connectivity index (χ3n) is 3.93. The molecular weight excluding hydrogens is 227 g/mol. The van der Waals surface area contributed by atoms with Gasteiger partial charge in [0.25, 0.3) is 0 Å². The number of likely N-dealkylation sites (tertiary alicyclic amines) is 1. The number of nitrogens with zero attached hydrogens (tertiary/aromatic N) is 2. The summed E-state index contributed by atoms with van der Waals surface area (Å²) in [6.45, 7) is 4.99. The summed E-state index contributed by atoms with van der Waals surface area (Å²) >= 11 is 0. The van der Waals surface area contributed by atoms with E-state index in [0.29, 0.717) is 24.2 Å². The normalized spacial score (nSPS) is 24.8. The molecule has 3 heteroatoms. The third kappa shape index (κ3) is 2.54. The molecule has 0 bridgehead atoms. The number of halogens is 1. The number of rotatable bonds is 2. The van der Waals surface area contributed by atoms with Gasteiger partial charge in [0.1, 0.15) is 11.9 Å². The highest BCUT2D eigenvalue weighted by Gasteiger charge is 2.25. The predicted octanol–water partition coefficient (Wildman–Crippen LogP) is 3.46. The first-order valence-corrected chi connectivity index (χ1v) is 6.56. The lowest BCUT2D eigenvalue weighted by Crippen LogP contribution is -2.43. The maximum Gasteiger partial charge on any atom is 0.145 e. The van der Waals surface area contributed by atoms with Crippen molar-refractivity contribution in [2.45, 2.75) is 51.7 Å². The van der Waals surface area contributed by atoms with E-state index in [-0.39, 0.29) is 11.4 Å². The van der Waals surface area contributed by atoms with Crippen LogP contribution in [0.15, 0.2) is 18.2 Å². The van der Waals surface area contributed by atoms with Crippen LogP contribution in [-0.4, -0.2) is 17.0 Å². The molecule has 2 unspecified atom stereocenters. The van der Waals surface area contributed by atoms with Crippen LogP contribution in [0.3, 0.4) is 0 Å². The number of piperidine rings is 1. The fourth-order valence-electron chi connectivity index (χ4n) is 2.77. The Kier molecular flexibility index (Phi) is 3.98. The van der Waals surface area contributed by atoms with Gasteiger partial charge in [-0.05, 0) is 32.8 Å². The van der Waals surface area contributed by atoms with Crippen LogP contribution in [0.25, 0.3) is 0 Å². The standard InChI is InChI=1S/C15H19FN2/c1-11-5-3-6-12(2)18(11)10-14-8-4-7-13(9-17)15(14)16/h4,7-8,11-12H,3,5-6,10H2,1-2H3. The average Bonchev–Trinajstić information content (AvgIpc) is 2.36. The van der Waals surface area contributed by atoms with Gasteiger partial charge in [-0.3, -0.25) is 4.90 Å². The molecule has 0 amide bonds. The first kappa shape index (κ1) is 13.0. The fraction of sp³-hybridized carbons (Fsp3) is 0.533. The van der Waals surface area contributed by atoms with Gasteiger partial charge in [0.05, 0.1) is 5.56 Å². The summed E-state index contributed by atoms with van der Waals surface area (Å²) in [4.78, 5) is 2.34. The lowest BCUT2D eigenvalue weighted by molar-refractivity contribution is 0.0940. The van der Waals surface area contributed by atoms with E-state index in [4.69, 9.17) is 5.26 Å². The van der Waals surface area contributed by atoms with Crippen LogP contribution in [0.5, 0.6) is 0 Å². The Hall–Kier alpha value is -1.40. The summed E-state index contributed by atoms with van der Waals surface area (Å²) in [6, 6.07) is 7.94. The van der Waals surface area contributed by atoms with Gasteiger partial charge in [0, 0.05) is 24.2 Å². The molecule has 1 saturated heterocycles. The number of benzene rings is 1. The van der Waals surface area contributed by atoms with Gasteiger partial charge in [0.15, 0.2) is 0 Å². The van der Waals surface area contributed by atoms with E-state index in [1.807, 2.05) is 6.07 Å². The summed E-state index contributed by atoms with van der Waals surface area (Å²) in [5.41, 5.74) is 0.777. The molecule has 2 atom stereocenters. The minimum Gasteiger partial charge on any atom is -0.294 e. The van der Waals surface area contributed by atoms with Crippen molar-refractivity contribution in [1.82, 2.24) is 4.90 Å². The first-order valence-electron chi connectivity index (χ1n) is 6.56. The Labute approximate surface area is 108 Å². The molecular formula is C15H19FN2. The zero-order valence-electron chi connectivity index (χ0n) is 11.0. The van der Waals surface area contributed by atoms with Crippen molar-refractivity contribution < 1.29 is 4.39 Å². The summed E-state index contributed by atoms with van der Waals surface area (Å²) in [7, 11) is 0. The second-order valence-electron chi connectivity index (χ2n) is 5.19. The molecule has 0 N–H and O–H groups in total. The smallest absolute Gasteiger partial charge is 0.145 e. The number of hydrogen-bond acceptors (Lipinski definition) is 2. The van der Waals surface area contributed by atoms with Gasteiger partial charge in [-0.25, -0.2) is 4.39 Å². The van der Waals surface area contributed by atoms with Gasteiger partial charge in [-0.15, -0.1) is 0 Å². The lowest BCUT2D eigenvalue weighted by Gasteiger charge is -2.39. The molecule has 0 saturated carbocycles. The van der Waals surface area contributed by atoms with Crippen molar-refractivity contribution in [1.29, 1.82) is 5.26 Å². The lowest BCUT2D eigenvalue weighted by atomic mass is 9.96. The second kappa shape index (κ2) is 5.49. The van der Waals surface area contributed by atoms with E-state index in [9.17, 15) is 4.39 Å². The topological polar surface area (TPSA) is 27.0 Å². The van der Waals surface area contributed by atoms with E-state index < -0.39 is 0 Å². The molecule has 0 aliphatic carbocycles. The van der Waals surface area contributed by atoms with Crippen molar-refractivity contribution in [2.24, 2.45) is 0 Å². The third-order valence-corrected chi connectivity index (χ3v) is 3.93. The highest BCUT2D eigenvalue weighted by atomic mass is 19.1. The quantitative estimate of drug-likeness (QED) is 0.799. The van der Waals surface area contributed by atoms with Crippen LogP contribution in [0.4, 0.5) is 4.39 Å². The summed E-state index contributed by atoms with van der Waals surface area (Å²) in [5.74, 6) is -0.357. The van der Waals surface area contributed by atoms with E-state index in [1.165, 1.54) is 25.3 Å². The zero-order valence-corrected chi connectivity index (χ0v) is 11.0. The fourth-order valence-corrected chi connectivity index (χ4v) is 2.77. The molecule has 1 aliphatic heterocycles. The van der Waals surface area contributed by atoms with Crippen LogP contribution in [0.1, 0.15) is 44.2 Å². The van der Waals surface area contributed by atoms with Gasteiger partial charge in [0.2, 0.25) is 0 Å². The van der Waals surface area contributed by atoms with Crippen LogP contribution < -0.4 is 0 Å². The Morgan fingerprint density at radius 3 is 2.61 bits per heavy atom. The molecule has 96 valence electrons. The van der Waals surface area contributed by atoms with E-state index in [0.717, 1.165) is 0 Å². The molecule has 1 fully saturated rings. The van der Waals surface area contributed by atoms with Crippen LogP contribution in [-0.2, 0) is 6.54 Å². The summed E-state index contributed by atoms with van der Waals surface area (Å²) < 4.78 is 14.0. The highest BCUT2D eigenvalue weighted by molar-refractivity contribution is 5.35. The van der Waals surface area contributed by atoms with Crippen molar-refractivity contribution >= 4 is 0 Å². The Morgan fingerprint density at radius 2 is 2.00 bits per heavy atom. The molecule has 2 nitrogen and oxygen atoms in total. The van der Waals surface area contributed by atoms with E-state index >= 15 is 0 Å². The number of nitriles is 1. The van der Waals surface area contributed by atoms with Crippen molar-refractivity contribution in [3.63, 3.8) is 0 Å². The predicted molar refractivity (Wildman–Crippen MR) is 69.4 cm³/mol. The maximum atomic E-state index is 14.0. The monoisotopic (exact) mass is 246 g/mol. The van der Waals surface area contributed by atoms with Crippen LogP contribution in [0, 0.1) is 17.1 Å². The van der Waals surface area contributed by atoms with Gasteiger partial charge in [-0.1, -0.05) is 18.6 Å². The van der Waals surface area contributed by atoms with Gasteiger partial charge in [-0.2, -0.15) is 5.26 Å². The molecule has 0 radical (unpaired) electrons. The first-order chi connectivity index (χ1) is 8.63. The molecule has 0 aromatic heterocycles. The van der Waals surface area contributed by atoms with Crippen molar-refractivity contribution in [2.75, 3.05) is 0 Å². The molecule has 1 aromatic carbocycles. The maximum absolute atomic E-state index is 14.0. The molecule has 18 heavy (non-hydrogen) atoms. The molecule has 2 rings (SSSR count). The van der Waals surface area contributed by atoms with E-state index in [1.54, 1.807) is 12.1 Å². The molecule has 1 aromatic rings. The molecule has 1 heterocycles. The zero-order chi connectivity index (χ0) is 13.1. The second-order valence-corrected chi connectivity index (χ2v) is 5.19. The Bertz CT molecular complexity index is 454. The minimum atomic E-state index is -0.357. The van der Waals surface area contributed by atoms with Crippen LogP contribution in [0.2, 0.25) is 0 Å². The highest BCUT2D eigenvalue weighted by Crippen LogP contribution is 2.25. The Balaban J connectivity index is 2.21. The molecule has 0 spiro atoms. The Morgan fingerprint density at radius 1 is 1.33 bits per heavy atom. The van der Waals surface area contributed by atoms with E-state index in [2.05, 4.69) is 18.7 Å². The largest absolute Gasteiger partial charge is 0.294 e. The van der Waals surface area contributed by atoms with Gasteiger partial charge >= 0.3 is 0 Å². The molecule has 1 aliphatic rings. The minimum absolute atomic E-state index is 0.143. The SMILES string of the molecule is CC1CCCC(C)N1Cc1cccc(C#N)c1F. The number of hydrogen-bond donors (Lipinski definition) is 0. The van der Waals surface area contributed by atoms with Crippen LogP contribution >= 0.6 is 0 Å². The van der Waals surface area contributed by atoms with Gasteiger partial charge < -0.3 is 0 Å². The van der Waals surface area contributed by atoms with Crippen molar-refractivity contribution in [3.05, 3.63) is 35.1 Å². The van der Waals surface area contributed by atoms with Crippen molar-refractivity contribution in [3.8, 4) is 6.07 Å².